The minimum Gasteiger partial charge on any atom is -0.508 e. The van der Waals surface area contributed by atoms with Gasteiger partial charge >= 0.3 is 5.97 Å². The van der Waals surface area contributed by atoms with Crippen LogP contribution in [0.5, 0.6) is 5.75 Å². The highest BCUT2D eigenvalue weighted by atomic mass is 16.5. The molecular formula is C16H17NO3. The third-order valence-corrected chi connectivity index (χ3v) is 2.92. The molecule has 0 amide bonds. The molecule has 2 rings (SSSR count). The van der Waals surface area contributed by atoms with Crippen molar-refractivity contribution in [2.45, 2.75) is 19.1 Å². The normalized spacial score (nSPS) is 11.8. The largest absolute Gasteiger partial charge is 0.508 e. The van der Waals surface area contributed by atoms with Crippen LogP contribution in [0.15, 0.2) is 54.6 Å². The molecule has 104 valence electrons. The topological polar surface area (TPSA) is 72.5 Å². The zero-order valence-electron chi connectivity index (χ0n) is 11.0. The molecule has 0 spiro atoms. The van der Waals surface area contributed by atoms with Gasteiger partial charge in [-0.15, -0.1) is 0 Å². The van der Waals surface area contributed by atoms with Crippen molar-refractivity contribution in [3.8, 4) is 5.75 Å². The van der Waals surface area contributed by atoms with Gasteiger partial charge in [0.2, 0.25) is 0 Å². The molecule has 0 fully saturated rings. The zero-order valence-corrected chi connectivity index (χ0v) is 11.0. The van der Waals surface area contributed by atoms with Crippen molar-refractivity contribution in [1.29, 1.82) is 0 Å². The molecule has 3 N–H and O–H groups in total. The van der Waals surface area contributed by atoms with Crippen molar-refractivity contribution in [3.05, 3.63) is 65.7 Å². The second kappa shape index (κ2) is 6.73. The van der Waals surface area contributed by atoms with E-state index in [0.717, 1.165) is 11.1 Å². The summed E-state index contributed by atoms with van der Waals surface area (Å²) in [5.41, 5.74) is 7.62. The summed E-state index contributed by atoms with van der Waals surface area (Å²) in [5.74, 6) is -0.240. The van der Waals surface area contributed by atoms with Crippen LogP contribution in [0, 0.1) is 0 Å². The van der Waals surface area contributed by atoms with E-state index in [4.69, 9.17) is 10.5 Å². The molecule has 0 aromatic heterocycles. The average molecular weight is 271 g/mol. The Kier molecular flexibility index (Phi) is 4.74. The first-order chi connectivity index (χ1) is 9.65. The van der Waals surface area contributed by atoms with E-state index >= 15 is 0 Å². The van der Waals surface area contributed by atoms with Crippen molar-refractivity contribution in [2.75, 3.05) is 0 Å². The number of esters is 1. The number of ether oxygens (including phenoxy) is 1. The predicted molar refractivity (Wildman–Crippen MR) is 76.0 cm³/mol. The summed E-state index contributed by atoms with van der Waals surface area (Å²) in [6, 6.07) is 15.4. The third kappa shape index (κ3) is 4.10. The summed E-state index contributed by atoms with van der Waals surface area (Å²) < 4.78 is 5.17. The lowest BCUT2D eigenvalue weighted by Gasteiger charge is -2.11. The molecule has 0 saturated heterocycles. The lowest BCUT2D eigenvalue weighted by Crippen LogP contribution is -2.34. The van der Waals surface area contributed by atoms with Gasteiger partial charge in [-0.05, 0) is 29.7 Å². The quantitative estimate of drug-likeness (QED) is 0.816. The summed E-state index contributed by atoms with van der Waals surface area (Å²) >= 11 is 0. The number of carbonyl (C=O) groups excluding carboxylic acids is 1. The lowest BCUT2D eigenvalue weighted by molar-refractivity contribution is -0.146. The number of benzene rings is 2. The fourth-order valence-corrected chi connectivity index (χ4v) is 1.81. The summed E-state index contributed by atoms with van der Waals surface area (Å²) in [4.78, 5) is 11.8. The van der Waals surface area contributed by atoms with E-state index in [9.17, 15) is 9.90 Å². The zero-order chi connectivity index (χ0) is 14.4. The Morgan fingerprint density at radius 2 is 1.70 bits per heavy atom. The SMILES string of the molecule is NC(Cc1ccc(O)cc1)C(=O)OCc1ccccc1. The molecule has 0 aliphatic rings. The van der Waals surface area contributed by atoms with Crippen LogP contribution in [-0.2, 0) is 22.6 Å². The molecule has 0 aliphatic carbocycles. The Hall–Kier alpha value is -2.33. The van der Waals surface area contributed by atoms with Crippen LogP contribution < -0.4 is 5.73 Å². The molecule has 1 atom stereocenters. The Morgan fingerprint density at radius 1 is 1.05 bits per heavy atom. The van der Waals surface area contributed by atoms with E-state index in [-0.39, 0.29) is 12.4 Å². The summed E-state index contributed by atoms with van der Waals surface area (Å²) in [5, 5.41) is 9.19. The molecule has 4 heteroatoms. The van der Waals surface area contributed by atoms with Gasteiger partial charge in [0.05, 0.1) is 0 Å². The number of phenolic OH excluding ortho intramolecular Hbond substituents is 1. The Bertz CT molecular complexity index is 552. The van der Waals surface area contributed by atoms with Gasteiger partial charge in [-0.1, -0.05) is 42.5 Å². The van der Waals surface area contributed by atoms with Crippen LogP contribution in [0.25, 0.3) is 0 Å². The first-order valence-electron chi connectivity index (χ1n) is 6.39. The summed E-state index contributed by atoms with van der Waals surface area (Å²) in [7, 11) is 0. The maximum Gasteiger partial charge on any atom is 0.323 e. The van der Waals surface area contributed by atoms with Crippen molar-refractivity contribution < 1.29 is 14.6 Å². The number of rotatable bonds is 5. The second-order valence-corrected chi connectivity index (χ2v) is 4.57. The predicted octanol–water partition coefficient (Wildman–Crippen LogP) is 2.01. The lowest BCUT2D eigenvalue weighted by atomic mass is 10.1. The number of hydrogen-bond acceptors (Lipinski definition) is 4. The van der Waals surface area contributed by atoms with E-state index in [2.05, 4.69) is 0 Å². The molecule has 20 heavy (non-hydrogen) atoms. The Morgan fingerprint density at radius 3 is 2.35 bits per heavy atom. The maximum atomic E-state index is 11.8. The van der Waals surface area contributed by atoms with E-state index in [0.29, 0.717) is 6.42 Å². The number of aromatic hydroxyl groups is 1. The van der Waals surface area contributed by atoms with Crippen LogP contribution in [-0.4, -0.2) is 17.1 Å². The highest BCUT2D eigenvalue weighted by molar-refractivity contribution is 5.75. The average Bonchev–Trinajstić information content (AvgIpc) is 2.48. The van der Waals surface area contributed by atoms with E-state index in [1.165, 1.54) is 0 Å². The van der Waals surface area contributed by atoms with Gasteiger partial charge in [-0.25, -0.2) is 0 Å². The standard InChI is InChI=1S/C16H17NO3/c17-15(10-12-6-8-14(18)9-7-12)16(19)20-11-13-4-2-1-3-5-13/h1-9,15,18H,10-11,17H2. The van der Waals surface area contributed by atoms with Crippen LogP contribution in [0.3, 0.4) is 0 Å². The Balaban J connectivity index is 1.84. The van der Waals surface area contributed by atoms with Crippen molar-refractivity contribution in [1.82, 2.24) is 0 Å². The summed E-state index contributed by atoms with van der Waals surface area (Å²) in [6.45, 7) is 0.225. The van der Waals surface area contributed by atoms with Gasteiger partial charge < -0.3 is 15.6 Å². The van der Waals surface area contributed by atoms with Gasteiger partial charge in [0.25, 0.3) is 0 Å². The van der Waals surface area contributed by atoms with E-state index < -0.39 is 12.0 Å². The van der Waals surface area contributed by atoms with Gasteiger partial charge in [0, 0.05) is 0 Å². The molecule has 0 saturated carbocycles. The monoisotopic (exact) mass is 271 g/mol. The number of phenols is 1. The third-order valence-electron chi connectivity index (χ3n) is 2.92. The minimum absolute atomic E-state index is 0.189. The number of hydrogen-bond donors (Lipinski definition) is 2. The number of carbonyl (C=O) groups is 1. The fraction of sp³-hybridized carbons (Fsp3) is 0.188. The molecule has 0 heterocycles. The molecule has 0 radical (unpaired) electrons. The maximum absolute atomic E-state index is 11.8. The van der Waals surface area contributed by atoms with Crippen molar-refractivity contribution in [3.63, 3.8) is 0 Å². The Labute approximate surface area is 117 Å². The smallest absolute Gasteiger partial charge is 0.323 e. The fourth-order valence-electron chi connectivity index (χ4n) is 1.81. The van der Waals surface area contributed by atoms with E-state index in [1.54, 1.807) is 24.3 Å². The van der Waals surface area contributed by atoms with Crippen LogP contribution in [0.1, 0.15) is 11.1 Å². The first kappa shape index (κ1) is 14.1. The summed E-state index contributed by atoms with van der Waals surface area (Å²) in [6.07, 6.45) is 0.383. The van der Waals surface area contributed by atoms with Gasteiger partial charge in [-0.3, -0.25) is 4.79 Å². The van der Waals surface area contributed by atoms with Crippen LogP contribution in [0.2, 0.25) is 0 Å². The van der Waals surface area contributed by atoms with Crippen molar-refractivity contribution in [2.24, 2.45) is 5.73 Å². The van der Waals surface area contributed by atoms with Gasteiger partial charge in [-0.2, -0.15) is 0 Å². The van der Waals surface area contributed by atoms with Gasteiger partial charge in [0.15, 0.2) is 0 Å². The molecule has 0 bridgehead atoms. The molecule has 1 unspecified atom stereocenters. The van der Waals surface area contributed by atoms with E-state index in [1.807, 2.05) is 30.3 Å². The first-order valence-corrected chi connectivity index (χ1v) is 6.39. The number of nitrogens with two attached hydrogens (primary N) is 1. The highest BCUT2D eigenvalue weighted by Crippen LogP contribution is 2.11. The van der Waals surface area contributed by atoms with Crippen LogP contribution in [0.4, 0.5) is 0 Å². The highest BCUT2D eigenvalue weighted by Gasteiger charge is 2.15. The molecule has 4 nitrogen and oxygen atoms in total. The van der Waals surface area contributed by atoms with Crippen LogP contribution >= 0.6 is 0 Å². The second-order valence-electron chi connectivity index (χ2n) is 4.57. The molecule has 2 aromatic carbocycles. The van der Waals surface area contributed by atoms with Crippen molar-refractivity contribution >= 4 is 5.97 Å². The minimum atomic E-state index is -0.705. The molecular weight excluding hydrogens is 254 g/mol. The molecule has 2 aromatic rings. The molecule has 0 aliphatic heterocycles. The van der Waals surface area contributed by atoms with Gasteiger partial charge in [0.1, 0.15) is 18.4 Å².